The molecule has 15 heavy (non-hydrogen) atoms. The van der Waals surface area contributed by atoms with Gasteiger partial charge >= 0.3 is 0 Å². The van der Waals surface area contributed by atoms with E-state index in [1.807, 2.05) is 11.9 Å². The van der Waals surface area contributed by atoms with Crippen molar-refractivity contribution in [3.05, 3.63) is 30.1 Å². The van der Waals surface area contributed by atoms with Crippen molar-refractivity contribution in [2.45, 2.75) is 25.9 Å². The van der Waals surface area contributed by atoms with Crippen molar-refractivity contribution in [2.24, 2.45) is 0 Å². The lowest BCUT2D eigenvalue weighted by atomic mass is 10.1. The van der Waals surface area contributed by atoms with E-state index in [0.29, 0.717) is 18.7 Å². The predicted octanol–water partition coefficient (Wildman–Crippen LogP) is 2.42. The van der Waals surface area contributed by atoms with Crippen LogP contribution in [0.3, 0.4) is 0 Å². The van der Waals surface area contributed by atoms with Gasteiger partial charge in [-0.05, 0) is 32.4 Å². The zero-order valence-electron chi connectivity index (χ0n) is 9.50. The molecule has 1 aromatic carbocycles. The zero-order chi connectivity index (χ0) is 11.5. The summed E-state index contributed by atoms with van der Waals surface area (Å²) in [6, 6.07) is 6.65. The smallest absolute Gasteiger partial charge is 0.146 e. The van der Waals surface area contributed by atoms with E-state index in [9.17, 15) is 9.50 Å². The Kier molecular flexibility index (Phi) is 3.69. The number of halogens is 1. The molecule has 0 unspecified atom stereocenters. The number of anilines is 1. The molecule has 84 valence electrons. The molecule has 1 N–H and O–H groups in total. The van der Waals surface area contributed by atoms with Gasteiger partial charge < -0.3 is 10.0 Å². The average Bonchev–Trinajstić information content (AvgIpc) is 2.14. The summed E-state index contributed by atoms with van der Waals surface area (Å²) in [6.07, 6.45) is 0.609. The molecular weight excluding hydrogens is 193 g/mol. The number of aliphatic hydroxyl groups is 1. The molecule has 2 nitrogen and oxygen atoms in total. The van der Waals surface area contributed by atoms with Crippen LogP contribution in [0.25, 0.3) is 0 Å². The fourth-order valence-corrected chi connectivity index (χ4v) is 1.32. The van der Waals surface area contributed by atoms with Crippen LogP contribution in [0, 0.1) is 5.82 Å². The molecule has 0 spiro atoms. The Balaban J connectivity index is 2.62. The summed E-state index contributed by atoms with van der Waals surface area (Å²) in [6.45, 7) is 4.13. The van der Waals surface area contributed by atoms with Gasteiger partial charge in [0.1, 0.15) is 5.82 Å². The minimum atomic E-state index is -0.709. The molecule has 0 bridgehead atoms. The summed E-state index contributed by atoms with van der Waals surface area (Å²) in [4.78, 5) is 1.81. The summed E-state index contributed by atoms with van der Waals surface area (Å²) in [5.41, 5.74) is -0.138. The minimum absolute atomic E-state index is 0.226. The predicted molar refractivity (Wildman–Crippen MR) is 60.6 cm³/mol. The maximum atomic E-state index is 13.4. The molecule has 0 saturated carbocycles. The summed E-state index contributed by atoms with van der Waals surface area (Å²) in [7, 11) is 1.82. The first-order chi connectivity index (χ1) is 6.90. The minimum Gasteiger partial charge on any atom is -0.390 e. The van der Waals surface area contributed by atoms with Gasteiger partial charge in [0.25, 0.3) is 0 Å². The van der Waals surface area contributed by atoms with Crippen LogP contribution < -0.4 is 4.90 Å². The summed E-state index contributed by atoms with van der Waals surface area (Å²) < 4.78 is 13.4. The van der Waals surface area contributed by atoms with Crippen LogP contribution in [-0.4, -0.2) is 24.3 Å². The van der Waals surface area contributed by atoms with Gasteiger partial charge in [-0.25, -0.2) is 4.39 Å². The van der Waals surface area contributed by atoms with Crippen molar-refractivity contribution >= 4 is 5.69 Å². The second kappa shape index (κ2) is 4.62. The monoisotopic (exact) mass is 211 g/mol. The standard InChI is InChI=1S/C12H18FNO/c1-12(2,15)8-9-14(3)11-7-5-4-6-10(11)13/h4-7,15H,8-9H2,1-3H3. The van der Waals surface area contributed by atoms with E-state index in [1.54, 1.807) is 32.0 Å². The SMILES string of the molecule is CN(CCC(C)(C)O)c1ccccc1F. The van der Waals surface area contributed by atoms with Gasteiger partial charge in [-0.15, -0.1) is 0 Å². The van der Waals surface area contributed by atoms with Crippen molar-refractivity contribution in [1.82, 2.24) is 0 Å². The Labute approximate surface area is 90.3 Å². The van der Waals surface area contributed by atoms with E-state index >= 15 is 0 Å². The average molecular weight is 211 g/mol. The Hall–Kier alpha value is -1.09. The van der Waals surface area contributed by atoms with Gasteiger partial charge in [-0.3, -0.25) is 0 Å². The van der Waals surface area contributed by atoms with Crippen LogP contribution in [0.15, 0.2) is 24.3 Å². The molecular formula is C12H18FNO. The molecule has 1 rings (SSSR count). The molecule has 0 radical (unpaired) electrons. The van der Waals surface area contributed by atoms with Gasteiger partial charge in [-0.2, -0.15) is 0 Å². The Morgan fingerprint density at radius 2 is 1.93 bits per heavy atom. The molecule has 0 aliphatic carbocycles. The van der Waals surface area contributed by atoms with Gasteiger partial charge in [-0.1, -0.05) is 12.1 Å². The van der Waals surface area contributed by atoms with Gasteiger partial charge in [0.15, 0.2) is 0 Å². The Bertz CT molecular complexity index is 320. The zero-order valence-corrected chi connectivity index (χ0v) is 9.50. The van der Waals surface area contributed by atoms with Gasteiger partial charge in [0, 0.05) is 13.6 Å². The van der Waals surface area contributed by atoms with Crippen LogP contribution in [0.4, 0.5) is 10.1 Å². The molecule has 1 aromatic rings. The van der Waals surface area contributed by atoms with Crippen molar-refractivity contribution in [3.63, 3.8) is 0 Å². The maximum Gasteiger partial charge on any atom is 0.146 e. The van der Waals surface area contributed by atoms with E-state index in [1.165, 1.54) is 6.07 Å². The molecule has 0 atom stereocenters. The first kappa shape index (κ1) is 12.0. The van der Waals surface area contributed by atoms with Crippen LogP contribution in [0.5, 0.6) is 0 Å². The van der Waals surface area contributed by atoms with Crippen LogP contribution in [0.2, 0.25) is 0 Å². The van der Waals surface area contributed by atoms with Crippen molar-refractivity contribution in [3.8, 4) is 0 Å². The van der Waals surface area contributed by atoms with Gasteiger partial charge in [0.05, 0.1) is 11.3 Å². The Morgan fingerprint density at radius 1 is 1.33 bits per heavy atom. The highest BCUT2D eigenvalue weighted by atomic mass is 19.1. The quantitative estimate of drug-likeness (QED) is 0.826. The molecule has 0 aliphatic rings. The maximum absolute atomic E-state index is 13.4. The first-order valence-electron chi connectivity index (χ1n) is 5.08. The highest BCUT2D eigenvalue weighted by molar-refractivity contribution is 5.46. The van der Waals surface area contributed by atoms with E-state index in [2.05, 4.69) is 0 Å². The fourth-order valence-electron chi connectivity index (χ4n) is 1.32. The molecule has 0 amide bonds. The van der Waals surface area contributed by atoms with E-state index in [4.69, 9.17) is 0 Å². The highest BCUT2D eigenvalue weighted by Gasteiger charge is 2.14. The van der Waals surface area contributed by atoms with Crippen molar-refractivity contribution in [1.29, 1.82) is 0 Å². The van der Waals surface area contributed by atoms with Crippen molar-refractivity contribution in [2.75, 3.05) is 18.5 Å². The second-order valence-corrected chi connectivity index (χ2v) is 4.44. The number of hydrogen-bond acceptors (Lipinski definition) is 2. The molecule has 3 heteroatoms. The van der Waals surface area contributed by atoms with E-state index < -0.39 is 5.60 Å². The highest BCUT2D eigenvalue weighted by Crippen LogP contribution is 2.18. The number of hydrogen-bond donors (Lipinski definition) is 1. The lowest BCUT2D eigenvalue weighted by molar-refractivity contribution is 0.0733. The third kappa shape index (κ3) is 3.88. The number of rotatable bonds is 4. The lowest BCUT2D eigenvalue weighted by Gasteiger charge is -2.24. The second-order valence-electron chi connectivity index (χ2n) is 4.44. The third-order valence-corrected chi connectivity index (χ3v) is 2.32. The third-order valence-electron chi connectivity index (χ3n) is 2.32. The topological polar surface area (TPSA) is 23.5 Å². The largest absolute Gasteiger partial charge is 0.390 e. The fraction of sp³-hybridized carbons (Fsp3) is 0.500. The summed E-state index contributed by atoms with van der Waals surface area (Å²) >= 11 is 0. The number of para-hydroxylation sites is 1. The molecule has 0 heterocycles. The van der Waals surface area contributed by atoms with Crippen molar-refractivity contribution < 1.29 is 9.50 Å². The molecule has 0 aromatic heterocycles. The normalized spacial score (nSPS) is 11.5. The van der Waals surface area contributed by atoms with Crippen LogP contribution in [0.1, 0.15) is 20.3 Å². The molecule has 0 fully saturated rings. The molecule has 0 aliphatic heterocycles. The number of nitrogens with zero attached hydrogens (tertiary/aromatic N) is 1. The first-order valence-corrected chi connectivity index (χ1v) is 5.08. The molecule has 0 saturated heterocycles. The van der Waals surface area contributed by atoms with Gasteiger partial charge in [0.2, 0.25) is 0 Å². The van der Waals surface area contributed by atoms with E-state index in [0.717, 1.165) is 0 Å². The number of benzene rings is 1. The summed E-state index contributed by atoms with van der Waals surface area (Å²) in [5.74, 6) is -0.226. The lowest BCUT2D eigenvalue weighted by Crippen LogP contribution is -2.28. The van der Waals surface area contributed by atoms with E-state index in [-0.39, 0.29) is 5.82 Å². The summed E-state index contributed by atoms with van der Waals surface area (Å²) in [5, 5.41) is 9.56. The van der Waals surface area contributed by atoms with Crippen LogP contribution >= 0.6 is 0 Å². The Morgan fingerprint density at radius 3 is 2.47 bits per heavy atom. The van der Waals surface area contributed by atoms with Crippen LogP contribution in [-0.2, 0) is 0 Å².